The number of benzene rings is 2. The lowest BCUT2D eigenvalue weighted by Gasteiger charge is -2.20. The van der Waals surface area contributed by atoms with Crippen LogP contribution in [0.4, 0.5) is 9.59 Å². The van der Waals surface area contributed by atoms with Gasteiger partial charge in [0.05, 0.1) is 0 Å². The fourth-order valence-electron chi connectivity index (χ4n) is 3.02. The Morgan fingerprint density at radius 3 is 1.91 bits per heavy atom. The number of carbonyl (C=O) groups excluding carboxylic acids is 2. The molecular weight excluding hydrogens is 426 g/mol. The molecule has 0 radical (unpaired) electrons. The normalized spacial score (nSPS) is 12.3. The van der Waals surface area contributed by atoms with Crippen molar-refractivity contribution < 1.29 is 29.0 Å². The zero-order chi connectivity index (χ0) is 23.9. The van der Waals surface area contributed by atoms with E-state index in [-0.39, 0.29) is 38.6 Å². The Hall–Kier alpha value is -3.59. The fourth-order valence-corrected chi connectivity index (χ4v) is 3.02. The summed E-state index contributed by atoms with van der Waals surface area (Å²) in [5.74, 6) is -0.952. The highest BCUT2D eigenvalue weighted by molar-refractivity contribution is 5.69. The molecule has 0 bridgehead atoms. The van der Waals surface area contributed by atoms with Crippen LogP contribution in [0.15, 0.2) is 60.7 Å². The van der Waals surface area contributed by atoms with Gasteiger partial charge in [0.1, 0.15) is 13.2 Å². The van der Waals surface area contributed by atoms with E-state index in [4.69, 9.17) is 20.3 Å². The Bertz CT molecular complexity index is 863. The van der Waals surface area contributed by atoms with Crippen LogP contribution in [0.1, 0.15) is 36.8 Å². The van der Waals surface area contributed by atoms with E-state index in [0.29, 0.717) is 12.8 Å². The van der Waals surface area contributed by atoms with E-state index < -0.39 is 24.2 Å². The van der Waals surface area contributed by atoms with Crippen molar-refractivity contribution in [3.8, 4) is 0 Å². The zero-order valence-electron chi connectivity index (χ0n) is 18.4. The molecule has 0 aliphatic carbocycles. The smallest absolute Gasteiger partial charge is 0.407 e. The third kappa shape index (κ3) is 11.6. The van der Waals surface area contributed by atoms with Crippen molar-refractivity contribution in [2.75, 3.05) is 6.54 Å². The highest BCUT2D eigenvalue weighted by atomic mass is 16.6. The minimum atomic E-state index is -0.952. The first-order valence-electron chi connectivity index (χ1n) is 10.8. The lowest BCUT2D eigenvalue weighted by Crippen LogP contribution is -2.40. The number of carbonyl (C=O) groups is 3. The van der Waals surface area contributed by atoms with E-state index in [1.54, 1.807) is 0 Å². The molecule has 2 atom stereocenters. The van der Waals surface area contributed by atoms with Crippen molar-refractivity contribution >= 4 is 18.2 Å². The SMILES string of the molecule is NC(CCC(CCC(=O)O)NC(=O)OCc1ccccc1)CNC(=O)OCc1ccccc1. The van der Waals surface area contributed by atoms with Crippen molar-refractivity contribution in [3.63, 3.8) is 0 Å². The molecular formula is C24H31N3O6. The maximum absolute atomic E-state index is 12.1. The number of hydrogen-bond donors (Lipinski definition) is 4. The Labute approximate surface area is 193 Å². The summed E-state index contributed by atoms with van der Waals surface area (Å²) in [5, 5.41) is 14.3. The van der Waals surface area contributed by atoms with Gasteiger partial charge >= 0.3 is 18.2 Å². The van der Waals surface area contributed by atoms with Gasteiger partial charge in [-0.25, -0.2) is 9.59 Å². The molecule has 0 saturated carbocycles. The Morgan fingerprint density at radius 2 is 1.36 bits per heavy atom. The fraction of sp³-hybridized carbons (Fsp3) is 0.375. The Balaban J connectivity index is 1.70. The van der Waals surface area contributed by atoms with Gasteiger partial charge in [-0.3, -0.25) is 4.79 Å². The van der Waals surface area contributed by atoms with Crippen molar-refractivity contribution in [1.82, 2.24) is 10.6 Å². The van der Waals surface area contributed by atoms with Crippen LogP contribution in [0.5, 0.6) is 0 Å². The van der Waals surface area contributed by atoms with Crippen LogP contribution in [-0.2, 0) is 27.5 Å². The van der Waals surface area contributed by atoms with Gasteiger partial charge in [0, 0.05) is 25.0 Å². The second-order valence-electron chi connectivity index (χ2n) is 7.62. The summed E-state index contributed by atoms with van der Waals surface area (Å²) in [6.45, 7) is 0.471. The van der Waals surface area contributed by atoms with Gasteiger partial charge in [0.15, 0.2) is 0 Å². The molecule has 9 nitrogen and oxygen atoms in total. The predicted molar refractivity (Wildman–Crippen MR) is 122 cm³/mol. The third-order valence-electron chi connectivity index (χ3n) is 4.85. The van der Waals surface area contributed by atoms with E-state index >= 15 is 0 Å². The van der Waals surface area contributed by atoms with E-state index in [9.17, 15) is 14.4 Å². The van der Waals surface area contributed by atoms with Crippen LogP contribution in [0.2, 0.25) is 0 Å². The number of alkyl carbamates (subject to hydrolysis) is 2. The first-order chi connectivity index (χ1) is 15.9. The highest BCUT2D eigenvalue weighted by Crippen LogP contribution is 2.09. The quantitative estimate of drug-likeness (QED) is 0.362. The van der Waals surface area contributed by atoms with Crippen molar-refractivity contribution in [1.29, 1.82) is 0 Å². The Morgan fingerprint density at radius 1 is 0.818 bits per heavy atom. The zero-order valence-corrected chi connectivity index (χ0v) is 18.4. The molecule has 2 rings (SSSR count). The van der Waals surface area contributed by atoms with Gasteiger partial charge in [0.2, 0.25) is 0 Å². The summed E-state index contributed by atoms with van der Waals surface area (Å²) in [6, 6.07) is 17.7. The molecule has 178 valence electrons. The number of carboxylic acid groups (broad SMARTS) is 1. The lowest BCUT2D eigenvalue weighted by atomic mass is 10.0. The number of rotatable bonds is 13. The largest absolute Gasteiger partial charge is 0.481 e. The van der Waals surface area contributed by atoms with E-state index in [1.807, 2.05) is 60.7 Å². The molecule has 5 N–H and O–H groups in total. The summed E-state index contributed by atoms with van der Waals surface area (Å²) in [4.78, 5) is 34.9. The molecule has 0 heterocycles. The standard InChI is InChI=1S/C24H31N3O6/c25-20(15-26-23(30)32-16-18-7-3-1-4-8-18)11-12-21(13-14-22(28)29)27-24(31)33-17-19-9-5-2-6-10-19/h1-10,20-21H,11-17,25H2,(H,26,30)(H,27,31)(H,28,29). The first kappa shape index (κ1) is 25.7. The summed E-state index contributed by atoms with van der Waals surface area (Å²) in [6.07, 6.45) is -0.139. The van der Waals surface area contributed by atoms with E-state index in [2.05, 4.69) is 10.6 Å². The minimum absolute atomic E-state index is 0.0943. The molecule has 0 aliphatic heterocycles. The number of hydrogen-bond acceptors (Lipinski definition) is 6. The molecule has 0 fully saturated rings. The third-order valence-corrected chi connectivity index (χ3v) is 4.85. The molecule has 33 heavy (non-hydrogen) atoms. The second-order valence-corrected chi connectivity index (χ2v) is 7.62. The summed E-state index contributed by atoms with van der Waals surface area (Å²) >= 11 is 0. The van der Waals surface area contributed by atoms with Gasteiger partial charge in [0.25, 0.3) is 0 Å². The van der Waals surface area contributed by atoms with Crippen LogP contribution in [0.25, 0.3) is 0 Å². The maximum Gasteiger partial charge on any atom is 0.407 e. The van der Waals surface area contributed by atoms with Crippen LogP contribution in [-0.4, -0.2) is 41.9 Å². The lowest BCUT2D eigenvalue weighted by molar-refractivity contribution is -0.137. The summed E-state index contributed by atoms with van der Waals surface area (Å²) in [7, 11) is 0. The molecule has 0 spiro atoms. The van der Waals surface area contributed by atoms with Gasteiger partial charge in [-0.1, -0.05) is 60.7 Å². The molecule has 0 aliphatic rings. The topological polar surface area (TPSA) is 140 Å². The van der Waals surface area contributed by atoms with Crippen LogP contribution in [0.3, 0.4) is 0 Å². The molecule has 2 unspecified atom stereocenters. The van der Waals surface area contributed by atoms with Crippen LogP contribution < -0.4 is 16.4 Å². The highest BCUT2D eigenvalue weighted by Gasteiger charge is 2.17. The predicted octanol–water partition coefficient (Wildman–Crippen LogP) is 3.18. The van der Waals surface area contributed by atoms with Crippen LogP contribution in [0, 0.1) is 0 Å². The van der Waals surface area contributed by atoms with Gasteiger partial charge in [-0.15, -0.1) is 0 Å². The number of ether oxygens (including phenoxy) is 2. The summed E-state index contributed by atoms with van der Waals surface area (Å²) in [5.41, 5.74) is 7.80. The number of nitrogens with two attached hydrogens (primary N) is 1. The van der Waals surface area contributed by atoms with Gasteiger partial charge < -0.3 is 30.9 Å². The number of amides is 2. The van der Waals surface area contributed by atoms with Crippen LogP contribution >= 0.6 is 0 Å². The molecule has 2 aromatic rings. The van der Waals surface area contributed by atoms with E-state index in [1.165, 1.54) is 0 Å². The molecule has 0 aromatic heterocycles. The Kier molecular flexibility index (Phi) is 11.3. The van der Waals surface area contributed by atoms with Crippen molar-refractivity contribution in [2.45, 2.75) is 51.0 Å². The number of nitrogens with one attached hydrogen (secondary N) is 2. The number of aliphatic carboxylic acids is 1. The van der Waals surface area contributed by atoms with E-state index in [0.717, 1.165) is 11.1 Å². The maximum atomic E-state index is 12.1. The monoisotopic (exact) mass is 457 g/mol. The molecule has 2 amide bonds. The minimum Gasteiger partial charge on any atom is -0.481 e. The summed E-state index contributed by atoms with van der Waals surface area (Å²) < 4.78 is 10.4. The average Bonchev–Trinajstić information content (AvgIpc) is 2.83. The molecule has 9 heteroatoms. The van der Waals surface area contributed by atoms with Gasteiger partial charge in [-0.05, 0) is 30.4 Å². The second kappa shape index (κ2) is 14.5. The molecule has 2 aromatic carbocycles. The first-order valence-corrected chi connectivity index (χ1v) is 10.8. The van der Waals surface area contributed by atoms with Gasteiger partial charge in [-0.2, -0.15) is 0 Å². The average molecular weight is 458 g/mol. The van der Waals surface area contributed by atoms with Crippen molar-refractivity contribution in [3.05, 3.63) is 71.8 Å². The molecule has 0 saturated heterocycles. The number of carboxylic acids is 1. The van der Waals surface area contributed by atoms with Crippen molar-refractivity contribution in [2.24, 2.45) is 5.73 Å².